The molecule has 2 amide bonds. The smallest absolute Gasteiger partial charge is 0.270 e. The first kappa shape index (κ1) is 20.9. The molecule has 1 aromatic carbocycles. The van der Waals surface area contributed by atoms with Crippen molar-refractivity contribution in [1.82, 2.24) is 20.1 Å². The van der Waals surface area contributed by atoms with Crippen LogP contribution in [0, 0.1) is 0 Å². The molecule has 2 fully saturated rings. The van der Waals surface area contributed by atoms with Gasteiger partial charge >= 0.3 is 0 Å². The average molecular weight is 413 g/mol. The van der Waals surface area contributed by atoms with E-state index in [9.17, 15) is 14.7 Å². The molecule has 3 heterocycles. The number of H-pyrrole nitrogens is 1. The highest BCUT2D eigenvalue weighted by Gasteiger charge is 2.34. The van der Waals surface area contributed by atoms with Gasteiger partial charge in [-0.3, -0.25) is 9.59 Å². The Balaban J connectivity index is 1.33. The van der Waals surface area contributed by atoms with Crippen LogP contribution in [0.3, 0.4) is 0 Å². The van der Waals surface area contributed by atoms with E-state index in [1.54, 1.807) is 6.92 Å². The number of nitrogens with zero attached hydrogens (tertiary/aromatic N) is 2. The molecular weight excluding hydrogens is 380 g/mol. The molecule has 3 N–H and O–H groups in total. The molecule has 2 aliphatic heterocycles. The lowest BCUT2D eigenvalue weighted by Gasteiger charge is -2.38. The highest BCUT2D eigenvalue weighted by atomic mass is 16.3. The highest BCUT2D eigenvalue weighted by Crippen LogP contribution is 2.26. The summed E-state index contributed by atoms with van der Waals surface area (Å²) in [5, 5.41) is 15.3. The number of nitrogens with one attached hydrogen (secondary N) is 2. The van der Waals surface area contributed by atoms with Crippen LogP contribution in [0.5, 0.6) is 0 Å². The molecule has 0 saturated carbocycles. The number of carbonyl (C=O) groups excluding carboxylic acids is 2. The van der Waals surface area contributed by atoms with Gasteiger partial charge in [-0.1, -0.05) is 18.2 Å². The van der Waals surface area contributed by atoms with E-state index in [2.05, 4.69) is 15.2 Å². The number of aromatic nitrogens is 1. The molecule has 0 aliphatic carbocycles. The Hall–Kier alpha value is -2.38. The summed E-state index contributed by atoms with van der Waals surface area (Å²) in [6.07, 6.45) is 3.92. The number of amides is 2. The van der Waals surface area contributed by atoms with Crippen molar-refractivity contribution in [2.75, 3.05) is 32.7 Å². The van der Waals surface area contributed by atoms with Gasteiger partial charge in [-0.15, -0.1) is 0 Å². The van der Waals surface area contributed by atoms with E-state index in [1.165, 1.54) is 0 Å². The fourth-order valence-electron chi connectivity index (χ4n) is 4.84. The van der Waals surface area contributed by atoms with Gasteiger partial charge in [0.1, 0.15) is 5.69 Å². The number of piperidine rings is 1. The summed E-state index contributed by atoms with van der Waals surface area (Å²) in [4.78, 5) is 31.6. The normalized spacial score (nSPS) is 24.0. The van der Waals surface area contributed by atoms with Gasteiger partial charge in [0.2, 0.25) is 5.91 Å². The Kier molecular flexibility index (Phi) is 6.11. The van der Waals surface area contributed by atoms with Crippen molar-refractivity contribution in [2.24, 2.45) is 0 Å². The molecule has 0 bridgehead atoms. The van der Waals surface area contributed by atoms with Crippen molar-refractivity contribution in [3.8, 4) is 0 Å². The first-order chi connectivity index (χ1) is 14.4. The molecule has 2 aliphatic rings. The Morgan fingerprint density at radius 2 is 1.93 bits per heavy atom. The maximum Gasteiger partial charge on any atom is 0.270 e. The lowest BCUT2D eigenvalue weighted by atomic mass is 9.93. The molecular formula is C23H32N4O3. The Labute approximate surface area is 177 Å². The number of aliphatic hydroxyl groups is 1. The number of rotatable bonds is 4. The fourth-order valence-corrected chi connectivity index (χ4v) is 4.84. The lowest BCUT2D eigenvalue weighted by Crippen LogP contribution is -2.50. The van der Waals surface area contributed by atoms with Gasteiger partial charge in [0, 0.05) is 56.6 Å². The molecule has 4 rings (SSSR count). The molecule has 1 aromatic heterocycles. The summed E-state index contributed by atoms with van der Waals surface area (Å²) in [5.74, 6) is 0.0298. The van der Waals surface area contributed by atoms with E-state index in [-0.39, 0.29) is 17.9 Å². The van der Waals surface area contributed by atoms with Gasteiger partial charge in [-0.05, 0) is 44.2 Å². The standard InChI is InChI=1S/C23H32N4O3/c1-17(28)24-19-7-12-26(13-8-19)16-23(30)9-4-11-27(14-10-23)22(29)21-15-18-5-2-3-6-20(18)25-21/h2-3,5-6,15,19,25,30H,4,7-14,16H2,1H3,(H,24,28)/t23-/m1/s1. The number of hydrogen-bond donors (Lipinski definition) is 3. The largest absolute Gasteiger partial charge is 0.388 e. The first-order valence-corrected chi connectivity index (χ1v) is 11.0. The van der Waals surface area contributed by atoms with Crippen molar-refractivity contribution in [2.45, 2.75) is 50.7 Å². The van der Waals surface area contributed by atoms with E-state index in [4.69, 9.17) is 0 Å². The molecule has 30 heavy (non-hydrogen) atoms. The van der Waals surface area contributed by atoms with Crippen molar-refractivity contribution >= 4 is 22.7 Å². The number of aromatic amines is 1. The van der Waals surface area contributed by atoms with Crippen LogP contribution in [-0.4, -0.2) is 76.1 Å². The van der Waals surface area contributed by atoms with Gasteiger partial charge < -0.3 is 25.2 Å². The minimum atomic E-state index is -0.768. The second-order valence-electron chi connectivity index (χ2n) is 8.89. The zero-order valence-corrected chi connectivity index (χ0v) is 17.7. The van der Waals surface area contributed by atoms with Crippen LogP contribution >= 0.6 is 0 Å². The molecule has 2 saturated heterocycles. The van der Waals surface area contributed by atoms with E-state index in [0.29, 0.717) is 38.2 Å². The van der Waals surface area contributed by atoms with Crippen LogP contribution in [-0.2, 0) is 4.79 Å². The third-order valence-electron chi connectivity index (χ3n) is 6.48. The van der Waals surface area contributed by atoms with E-state index in [1.807, 2.05) is 35.2 Å². The van der Waals surface area contributed by atoms with Crippen LogP contribution in [0.25, 0.3) is 10.9 Å². The summed E-state index contributed by atoms with van der Waals surface area (Å²) in [5.41, 5.74) is 0.813. The summed E-state index contributed by atoms with van der Waals surface area (Å²) in [6.45, 7) is 5.18. The summed E-state index contributed by atoms with van der Waals surface area (Å²) in [7, 11) is 0. The number of carbonyl (C=O) groups is 2. The zero-order valence-electron chi connectivity index (χ0n) is 17.7. The molecule has 0 spiro atoms. The quantitative estimate of drug-likeness (QED) is 0.718. The van der Waals surface area contributed by atoms with Crippen molar-refractivity contribution in [1.29, 1.82) is 0 Å². The minimum absolute atomic E-state index is 0.00608. The van der Waals surface area contributed by atoms with Crippen LogP contribution in [0.1, 0.15) is 49.5 Å². The van der Waals surface area contributed by atoms with Gasteiger partial charge in [-0.2, -0.15) is 0 Å². The van der Waals surface area contributed by atoms with Crippen molar-refractivity contribution < 1.29 is 14.7 Å². The number of fused-ring (bicyclic) bond motifs is 1. The lowest BCUT2D eigenvalue weighted by molar-refractivity contribution is -0.120. The SMILES string of the molecule is CC(=O)NC1CCN(C[C@@]2(O)CCCN(C(=O)c3cc4ccccc4[nH]3)CC2)CC1. The van der Waals surface area contributed by atoms with Gasteiger partial charge in [0.15, 0.2) is 0 Å². The minimum Gasteiger partial charge on any atom is -0.388 e. The molecule has 1 atom stereocenters. The predicted octanol–water partition coefficient (Wildman–Crippen LogP) is 2.13. The van der Waals surface area contributed by atoms with E-state index in [0.717, 1.165) is 43.3 Å². The molecule has 0 radical (unpaired) electrons. The molecule has 7 heteroatoms. The number of benzene rings is 1. The van der Waals surface area contributed by atoms with Gasteiger partial charge in [-0.25, -0.2) is 0 Å². The van der Waals surface area contributed by atoms with Gasteiger partial charge in [0.25, 0.3) is 5.91 Å². The van der Waals surface area contributed by atoms with E-state index < -0.39 is 5.60 Å². The van der Waals surface area contributed by atoms with Gasteiger partial charge in [0.05, 0.1) is 5.60 Å². The molecule has 2 aromatic rings. The predicted molar refractivity (Wildman–Crippen MR) is 116 cm³/mol. The monoisotopic (exact) mass is 412 g/mol. The molecule has 162 valence electrons. The summed E-state index contributed by atoms with van der Waals surface area (Å²) >= 11 is 0. The number of hydrogen-bond acceptors (Lipinski definition) is 4. The number of likely N-dealkylation sites (tertiary alicyclic amines) is 2. The highest BCUT2D eigenvalue weighted by molar-refractivity contribution is 5.98. The number of para-hydroxylation sites is 1. The van der Waals surface area contributed by atoms with Crippen molar-refractivity contribution in [3.05, 3.63) is 36.0 Å². The Bertz CT molecular complexity index is 870. The third-order valence-corrected chi connectivity index (χ3v) is 6.48. The van der Waals surface area contributed by atoms with Crippen LogP contribution in [0.15, 0.2) is 30.3 Å². The Morgan fingerprint density at radius 1 is 1.17 bits per heavy atom. The number of β-amino-alcohol motifs (C(OH)–C–C–N with tert-alkyl or cyclic N) is 1. The fraction of sp³-hybridized carbons (Fsp3) is 0.565. The van der Waals surface area contributed by atoms with Crippen molar-refractivity contribution in [3.63, 3.8) is 0 Å². The molecule has 7 nitrogen and oxygen atoms in total. The summed E-state index contributed by atoms with van der Waals surface area (Å²) in [6, 6.07) is 10.1. The maximum absolute atomic E-state index is 13.0. The maximum atomic E-state index is 13.0. The second kappa shape index (κ2) is 8.78. The average Bonchev–Trinajstić information content (AvgIpc) is 3.06. The third kappa shape index (κ3) is 4.84. The molecule has 0 unspecified atom stereocenters. The van der Waals surface area contributed by atoms with E-state index >= 15 is 0 Å². The van der Waals surface area contributed by atoms with Crippen LogP contribution in [0.4, 0.5) is 0 Å². The zero-order chi connectivity index (χ0) is 21.1. The first-order valence-electron chi connectivity index (χ1n) is 11.0. The summed E-state index contributed by atoms with van der Waals surface area (Å²) < 4.78 is 0. The van der Waals surface area contributed by atoms with Crippen LogP contribution < -0.4 is 5.32 Å². The second-order valence-corrected chi connectivity index (χ2v) is 8.89. The van der Waals surface area contributed by atoms with Crippen LogP contribution in [0.2, 0.25) is 0 Å². The topological polar surface area (TPSA) is 88.7 Å². The Morgan fingerprint density at radius 3 is 2.67 bits per heavy atom.